The van der Waals surface area contributed by atoms with Crippen molar-refractivity contribution in [1.82, 2.24) is 14.1 Å². The van der Waals surface area contributed by atoms with Gasteiger partial charge in [-0.3, -0.25) is 9.59 Å². The largest absolute Gasteiger partial charge is 0.322 e. The van der Waals surface area contributed by atoms with Crippen molar-refractivity contribution in [2.24, 2.45) is 7.05 Å². The highest BCUT2D eigenvalue weighted by Crippen LogP contribution is 2.20. The number of hydrogen-bond acceptors (Lipinski definition) is 5. The molecular weight excluding hydrogens is 416 g/mol. The van der Waals surface area contributed by atoms with Gasteiger partial charge in [-0.1, -0.05) is 26.0 Å². The Balaban J connectivity index is 1.73. The van der Waals surface area contributed by atoms with Gasteiger partial charge in [0.15, 0.2) is 0 Å². The Hall–Kier alpha value is -3.30. The Morgan fingerprint density at radius 3 is 2.13 bits per heavy atom. The minimum absolute atomic E-state index is 0.155. The Morgan fingerprint density at radius 2 is 1.58 bits per heavy atom. The molecule has 1 aromatic heterocycles. The maximum atomic E-state index is 12.6. The molecule has 31 heavy (non-hydrogen) atoms. The van der Waals surface area contributed by atoms with E-state index in [1.165, 1.54) is 39.3 Å². The van der Waals surface area contributed by atoms with Crippen LogP contribution in [0.5, 0.6) is 0 Å². The second-order valence-corrected chi connectivity index (χ2v) is 8.76. The average molecular weight is 441 g/mol. The van der Waals surface area contributed by atoms with Gasteiger partial charge < -0.3 is 5.32 Å². The van der Waals surface area contributed by atoms with E-state index in [-0.39, 0.29) is 16.4 Å². The SMILES string of the molecule is CCN(CC)S(=O)(=O)c1ccc(C(=O)Nc2ccc(-c3ccc(=O)n(C)n3)cc2)cc1. The molecule has 162 valence electrons. The van der Waals surface area contributed by atoms with Crippen molar-refractivity contribution in [2.45, 2.75) is 18.7 Å². The van der Waals surface area contributed by atoms with Crippen LogP contribution in [0, 0.1) is 0 Å². The lowest BCUT2D eigenvalue weighted by molar-refractivity contribution is 0.102. The van der Waals surface area contributed by atoms with Gasteiger partial charge >= 0.3 is 0 Å². The molecule has 9 heteroatoms. The van der Waals surface area contributed by atoms with Gasteiger partial charge in [0, 0.05) is 43.0 Å². The van der Waals surface area contributed by atoms with Crippen LogP contribution in [0.25, 0.3) is 11.3 Å². The van der Waals surface area contributed by atoms with E-state index in [1.54, 1.807) is 51.2 Å². The van der Waals surface area contributed by atoms with E-state index in [1.807, 2.05) is 0 Å². The molecular formula is C22H24N4O4S. The third-order valence-electron chi connectivity index (χ3n) is 4.86. The number of nitrogens with zero attached hydrogens (tertiary/aromatic N) is 3. The number of anilines is 1. The molecule has 0 saturated heterocycles. The van der Waals surface area contributed by atoms with E-state index in [0.717, 1.165) is 5.56 Å². The molecule has 0 aliphatic rings. The van der Waals surface area contributed by atoms with Crippen LogP contribution in [0.4, 0.5) is 5.69 Å². The zero-order valence-corrected chi connectivity index (χ0v) is 18.4. The summed E-state index contributed by atoms with van der Waals surface area (Å²) in [6.07, 6.45) is 0. The molecule has 3 rings (SSSR count). The molecule has 0 saturated carbocycles. The molecule has 3 aromatic rings. The minimum Gasteiger partial charge on any atom is -0.322 e. The summed E-state index contributed by atoms with van der Waals surface area (Å²) in [4.78, 5) is 24.2. The zero-order chi connectivity index (χ0) is 22.6. The molecule has 0 aliphatic heterocycles. The minimum atomic E-state index is -3.57. The maximum Gasteiger partial charge on any atom is 0.266 e. The van der Waals surface area contributed by atoms with Crippen molar-refractivity contribution in [1.29, 1.82) is 0 Å². The standard InChI is InChI=1S/C22H24N4O4S/c1-4-26(5-2)31(29,30)19-12-8-17(9-13-19)22(28)23-18-10-6-16(7-11-18)20-14-15-21(27)25(3)24-20/h6-15H,4-5H2,1-3H3,(H,23,28). The third-order valence-corrected chi connectivity index (χ3v) is 6.92. The number of aryl methyl sites for hydroxylation is 1. The first-order chi connectivity index (χ1) is 14.8. The van der Waals surface area contributed by atoms with Crippen molar-refractivity contribution < 1.29 is 13.2 Å². The molecule has 0 atom stereocenters. The molecule has 0 radical (unpaired) electrons. The number of amides is 1. The molecule has 0 unspecified atom stereocenters. The first-order valence-corrected chi connectivity index (χ1v) is 11.3. The number of benzene rings is 2. The van der Waals surface area contributed by atoms with Gasteiger partial charge in [-0.05, 0) is 42.5 Å². The topological polar surface area (TPSA) is 101 Å². The molecule has 8 nitrogen and oxygen atoms in total. The number of aromatic nitrogens is 2. The first-order valence-electron chi connectivity index (χ1n) is 9.82. The van der Waals surface area contributed by atoms with E-state index in [0.29, 0.717) is 30.0 Å². The van der Waals surface area contributed by atoms with Gasteiger partial charge in [-0.25, -0.2) is 13.1 Å². The summed E-state index contributed by atoms with van der Waals surface area (Å²) >= 11 is 0. The van der Waals surface area contributed by atoms with Crippen molar-refractivity contribution in [2.75, 3.05) is 18.4 Å². The summed E-state index contributed by atoms with van der Waals surface area (Å²) in [5.41, 5.74) is 2.19. The van der Waals surface area contributed by atoms with Crippen LogP contribution in [0.3, 0.4) is 0 Å². The number of hydrogen-bond donors (Lipinski definition) is 1. The summed E-state index contributed by atoms with van der Waals surface area (Å²) in [5.74, 6) is -0.347. The smallest absolute Gasteiger partial charge is 0.266 e. The van der Waals surface area contributed by atoms with E-state index in [4.69, 9.17) is 0 Å². The molecule has 0 aliphatic carbocycles. The van der Waals surface area contributed by atoms with Gasteiger partial charge in [0.25, 0.3) is 11.5 Å². The predicted octanol–water partition coefficient (Wildman–Crippen LogP) is 2.73. The summed E-state index contributed by atoms with van der Waals surface area (Å²) in [7, 11) is -1.98. The Labute approximate surface area is 181 Å². The van der Waals surface area contributed by atoms with Crippen molar-refractivity contribution in [3.63, 3.8) is 0 Å². The van der Waals surface area contributed by atoms with E-state index in [2.05, 4.69) is 10.4 Å². The fourth-order valence-electron chi connectivity index (χ4n) is 3.07. The predicted molar refractivity (Wildman–Crippen MR) is 119 cm³/mol. The van der Waals surface area contributed by atoms with Crippen molar-refractivity contribution in [3.8, 4) is 11.3 Å². The summed E-state index contributed by atoms with van der Waals surface area (Å²) in [6.45, 7) is 4.32. The fourth-order valence-corrected chi connectivity index (χ4v) is 4.53. The molecule has 2 aromatic carbocycles. The number of carbonyl (C=O) groups is 1. The number of nitrogens with one attached hydrogen (secondary N) is 1. The average Bonchev–Trinajstić information content (AvgIpc) is 2.77. The van der Waals surface area contributed by atoms with Gasteiger partial charge in [0.1, 0.15) is 0 Å². The second-order valence-electron chi connectivity index (χ2n) is 6.83. The van der Waals surface area contributed by atoms with Crippen LogP contribution in [0.2, 0.25) is 0 Å². The molecule has 0 fully saturated rings. The van der Waals surface area contributed by atoms with Gasteiger partial charge in [0.05, 0.1) is 10.6 Å². The van der Waals surface area contributed by atoms with Crippen molar-refractivity contribution >= 4 is 21.6 Å². The normalized spacial score (nSPS) is 11.5. The fraction of sp³-hybridized carbons (Fsp3) is 0.227. The van der Waals surface area contributed by atoms with Crippen LogP contribution >= 0.6 is 0 Å². The second kappa shape index (κ2) is 9.23. The third kappa shape index (κ3) is 4.89. The van der Waals surface area contributed by atoms with Crippen LogP contribution in [-0.4, -0.2) is 41.5 Å². The van der Waals surface area contributed by atoms with Crippen LogP contribution in [0.15, 0.2) is 70.4 Å². The highest BCUT2D eigenvalue weighted by atomic mass is 32.2. The van der Waals surface area contributed by atoms with Crippen molar-refractivity contribution in [3.05, 3.63) is 76.6 Å². The lowest BCUT2D eigenvalue weighted by atomic mass is 10.1. The first kappa shape index (κ1) is 22.4. The molecule has 1 amide bonds. The number of rotatable bonds is 7. The van der Waals surface area contributed by atoms with E-state index in [9.17, 15) is 18.0 Å². The Morgan fingerprint density at radius 1 is 0.968 bits per heavy atom. The van der Waals surface area contributed by atoms with Gasteiger partial charge in [-0.15, -0.1) is 0 Å². The summed E-state index contributed by atoms with van der Waals surface area (Å²) in [6, 6.07) is 16.0. The molecule has 0 bridgehead atoms. The van der Waals surface area contributed by atoms with Crippen LogP contribution in [0.1, 0.15) is 24.2 Å². The quantitative estimate of drug-likeness (QED) is 0.609. The molecule has 1 N–H and O–H groups in total. The Kier molecular flexibility index (Phi) is 6.67. The van der Waals surface area contributed by atoms with Crippen LogP contribution in [-0.2, 0) is 17.1 Å². The number of sulfonamides is 1. The summed E-state index contributed by atoms with van der Waals surface area (Å²) < 4.78 is 27.7. The highest BCUT2D eigenvalue weighted by Gasteiger charge is 2.21. The van der Waals surface area contributed by atoms with E-state index >= 15 is 0 Å². The monoisotopic (exact) mass is 440 g/mol. The lowest BCUT2D eigenvalue weighted by Gasteiger charge is -2.18. The zero-order valence-electron chi connectivity index (χ0n) is 17.6. The van der Waals surface area contributed by atoms with Gasteiger partial charge in [0.2, 0.25) is 10.0 Å². The van der Waals surface area contributed by atoms with Gasteiger partial charge in [-0.2, -0.15) is 9.40 Å². The van der Waals surface area contributed by atoms with E-state index < -0.39 is 10.0 Å². The highest BCUT2D eigenvalue weighted by molar-refractivity contribution is 7.89. The number of carbonyl (C=O) groups excluding carboxylic acids is 1. The van der Waals surface area contributed by atoms with Crippen LogP contribution < -0.4 is 10.9 Å². The summed E-state index contributed by atoms with van der Waals surface area (Å²) in [5, 5.41) is 6.98. The Bertz CT molecular complexity index is 1230. The molecule has 1 heterocycles. The maximum absolute atomic E-state index is 12.6. The lowest BCUT2D eigenvalue weighted by Crippen LogP contribution is -2.30. The molecule has 0 spiro atoms.